The van der Waals surface area contributed by atoms with E-state index < -0.39 is 0 Å². The van der Waals surface area contributed by atoms with Crippen molar-refractivity contribution in [1.29, 1.82) is 0 Å². The molecule has 80 valence electrons. The van der Waals surface area contributed by atoms with Crippen molar-refractivity contribution in [1.82, 2.24) is 0 Å². The van der Waals surface area contributed by atoms with Crippen LogP contribution in [0, 0.1) is 0 Å². The number of halogens is 1. The van der Waals surface area contributed by atoms with Gasteiger partial charge < -0.3 is 10.8 Å². The molecular formula is C11H12ClNOS. The average Bonchev–Trinajstić information content (AvgIpc) is 2.69. The third-order valence-electron chi connectivity index (χ3n) is 2.13. The molecule has 0 aliphatic heterocycles. The maximum atomic E-state index is 9.31. The van der Waals surface area contributed by atoms with E-state index in [2.05, 4.69) is 0 Å². The zero-order chi connectivity index (χ0) is 9.97. The zero-order valence-corrected chi connectivity index (χ0v) is 9.59. The molecule has 2 nitrogen and oxygen atoms in total. The number of hydrogen-bond acceptors (Lipinski definition) is 3. The molecule has 0 radical (unpaired) electrons. The van der Waals surface area contributed by atoms with Gasteiger partial charge in [0.1, 0.15) is 5.75 Å². The number of nitrogens with two attached hydrogens (primary N) is 1. The molecule has 1 heterocycles. The molecule has 0 saturated heterocycles. The van der Waals surface area contributed by atoms with Crippen molar-refractivity contribution in [3.8, 4) is 5.75 Å². The first kappa shape index (κ1) is 12.0. The Kier molecular flexibility index (Phi) is 4.15. The number of aromatic hydroxyl groups is 1. The molecule has 4 heteroatoms. The van der Waals surface area contributed by atoms with Crippen LogP contribution in [0.25, 0.3) is 0 Å². The zero-order valence-electron chi connectivity index (χ0n) is 7.96. The first-order valence-electron chi connectivity index (χ1n) is 4.34. The summed E-state index contributed by atoms with van der Waals surface area (Å²) >= 11 is 1.62. The van der Waals surface area contributed by atoms with Crippen molar-refractivity contribution in [2.45, 2.75) is 6.04 Å². The molecule has 0 aliphatic carbocycles. The molecule has 0 spiro atoms. The van der Waals surface area contributed by atoms with E-state index in [0.717, 1.165) is 11.1 Å². The third-order valence-corrected chi connectivity index (χ3v) is 2.83. The Bertz CT molecular complexity index is 416. The molecule has 1 aromatic heterocycles. The van der Waals surface area contributed by atoms with Crippen LogP contribution in [0.4, 0.5) is 0 Å². The van der Waals surface area contributed by atoms with Crippen LogP contribution in [-0.4, -0.2) is 5.11 Å². The Morgan fingerprint density at radius 1 is 1.20 bits per heavy atom. The number of hydrogen-bond donors (Lipinski definition) is 2. The summed E-state index contributed by atoms with van der Waals surface area (Å²) in [5, 5.41) is 13.3. The van der Waals surface area contributed by atoms with Gasteiger partial charge in [-0.2, -0.15) is 11.3 Å². The highest BCUT2D eigenvalue weighted by atomic mass is 35.5. The van der Waals surface area contributed by atoms with Crippen LogP contribution in [0.2, 0.25) is 0 Å². The monoisotopic (exact) mass is 241 g/mol. The number of rotatable bonds is 2. The van der Waals surface area contributed by atoms with Crippen molar-refractivity contribution in [3.05, 3.63) is 52.2 Å². The molecule has 0 unspecified atom stereocenters. The van der Waals surface area contributed by atoms with Gasteiger partial charge in [-0.05, 0) is 40.1 Å². The normalized spacial score (nSPS) is 11.8. The number of phenols is 1. The Balaban J connectivity index is 0.00000112. The molecule has 1 atom stereocenters. The van der Waals surface area contributed by atoms with E-state index in [0.29, 0.717) is 0 Å². The minimum absolute atomic E-state index is 0. The lowest BCUT2D eigenvalue weighted by molar-refractivity contribution is 0.474. The molecule has 2 aromatic rings. The summed E-state index contributed by atoms with van der Waals surface area (Å²) in [5.74, 6) is 0.258. The van der Waals surface area contributed by atoms with E-state index in [4.69, 9.17) is 5.73 Å². The summed E-state index contributed by atoms with van der Waals surface area (Å²) in [6.45, 7) is 0. The van der Waals surface area contributed by atoms with Crippen LogP contribution in [0.5, 0.6) is 5.75 Å². The highest BCUT2D eigenvalue weighted by molar-refractivity contribution is 7.08. The van der Waals surface area contributed by atoms with Gasteiger partial charge in [-0.1, -0.05) is 12.1 Å². The van der Waals surface area contributed by atoms with E-state index in [-0.39, 0.29) is 24.2 Å². The summed E-state index contributed by atoms with van der Waals surface area (Å²) < 4.78 is 0. The fourth-order valence-electron chi connectivity index (χ4n) is 1.36. The minimum Gasteiger partial charge on any atom is -0.508 e. The van der Waals surface area contributed by atoms with Gasteiger partial charge in [0, 0.05) is 0 Å². The van der Waals surface area contributed by atoms with Crippen LogP contribution in [-0.2, 0) is 0 Å². The Morgan fingerprint density at radius 2 is 2.00 bits per heavy atom. The quantitative estimate of drug-likeness (QED) is 0.849. The Hall–Kier alpha value is -1.03. The molecule has 2 rings (SSSR count). The summed E-state index contributed by atoms with van der Waals surface area (Å²) in [7, 11) is 0. The second-order valence-corrected chi connectivity index (χ2v) is 3.91. The summed E-state index contributed by atoms with van der Waals surface area (Å²) in [6, 6.07) is 8.91. The van der Waals surface area contributed by atoms with Crippen LogP contribution in [0.3, 0.4) is 0 Å². The van der Waals surface area contributed by atoms with Crippen LogP contribution < -0.4 is 5.73 Å². The van der Waals surface area contributed by atoms with E-state index in [1.165, 1.54) is 0 Å². The van der Waals surface area contributed by atoms with Gasteiger partial charge in [0.25, 0.3) is 0 Å². The fraction of sp³-hybridized carbons (Fsp3) is 0.0909. The van der Waals surface area contributed by atoms with Crippen LogP contribution >= 0.6 is 23.7 Å². The van der Waals surface area contributed by atoms with E-state index >= 15 is 0 Å². The minimum atomic E-state index is -0.145. The summed E-state index contributed by atoms with van der Waals surface area (Å²) in [6.07, 6.45) is 0. The first-order valence-corrected chi connectivity index (χ1v) is 5.28. The lowest BCUT2D eigenvalue weighted by atomic mass is 10.0. The molecule has 3 N–H and O–H groups in total. The molecule has 15 heavy (non-hydrogen) atoms. The fourth-order valence-corrected chi connectivity index (χ4v) is 2.06. The Labute approximate surface area is 98.8 Å². The summed E-state index contributed by atoms with van der Waals surface area (Å²) in [5.41, 5.74) is 8.04. The predicted octanol–water partition coefficient (Wildman–Crippen LogP) is 2.92. The van der Waals surface area contributed by atoms with Gasteiger partial charge in [-0.25, -0.2) is 0 Å². The molecular weight excluding hydrogens is 230 g/mol. The predicted molar refractivity (Wildman–Crippen MR) is 65.7 cm³/mol. The second-order valence-electron chi connectivity index (χ2n) is 3.13. The Morgan fingerprint density at radius 3 is 2.60 bits per heavy atom. The van der Waals surface area contributed by atoms with Crippen molar-refractivity contribution in [3.63, 3.8) is 0 Å². The largest absolute Gasteiger partial charge is 0.508 e. The lowest BCUT2D eigenvalue weighted by Crippen LogP contribution is -2.10. The van der Waals surface area contributed by atoms with Crippen LogP contribution in [0.1, 0.15) is 17.2 Å². The van der Waals surface area contributed by atoms with Gasteiger partial charge >= 0.3 is 0 Å². The summed E-state index contributed by atoms with van der Waals surface area (Å²) in [4.78, 5) is 0. The van der Waals surface area contributed by atoms with Gasteiger partial charge in [0.15, 0.2) is 0 Å². The maximum absolute atomic E-state index is 9.31. The third kappa shape index (κ3) is 2.72. The van der Waals surface area contributed by atoms with E-state index in [9.17, 15) is 5.11 Å². The van der Waals surface area contributed by atoms with Crippen molar-refractivity contribution in [2.24, 2.45) is 5.73 Å². The molecule has 0 aliphatic rings. The molecule has 0 amide bonds. The van der Waals surface area contributed by atoms with Gasteiger partial charge in [-0.15, -0.1) is 12.4 Å². The molecule has 0 saturated carbocycles. The first-order chi connectivity index (χ1) is 6.77. The number of benzene rings is 1. The maximum Gasteiger partial charge on any atom is 0.115 e. The second kappa shape index (κ2) is 5.16. The lowest BCUT2D eigenvalue weighted by Gasteiger charge is -2.10. The molecule has 0 fully saturated rings. The number of thiophene rings is 1. The van der Waals surface area contributed by atoms with Crippen molar-refractivity contribution >= 4 is 23.7 Å². The topological polar surface area (TPSA) is 46.2 Å². The molecule has 0 bridgehead atoms. The standard InChI is InChI=1S/C11H11NOS.ClH/c12-11(9-4-5-14-7-9)8-2-1-3-10(13)6-8;/h1-7,11,13H,12H2;1H/t11-;/m0./s1. The molecule has 1 aromatic carbocycles. The van der Waals surface area contributed by atoms with E-state index in [1.54, 1.807) is 29.5 Å². The SMILES string of the molecule is Cl.N[C@H](c1ccsc1)c1cccc(O)c1. The van der Waals surface area contributed by atoms with Crippen molar-refractivity contribution in [2.75, 3.05) is 0 Å². The highest BCUT2D eigenvalue weighted by Crippen LogP contribution is 2.23. The highest BCUT2D eigenvalue weighted by Gasteiger charge is 2.08. The van der Waals surface area contributed by atoms with Crippen molar-refractivity contribution < 1.29 is 5.11 Å². The smallest absolute Gasteiger partial charge is 0.115 e. The van der Waals surface area contributed by atoms with Gasteiger partial charge in [-0.3, -0.25) is 0 Å². The average molecular weight is 242 g/mol. The van der Waals surface area contributed by atoms with E-state index in [1.807, 2.05) is 22.9 Å². The van der Waals surface area contributed by atoms with Gasteiger partial charge in [0.2, 0.25) is 0 Å². The van der Waals surface area contributed by atoms with Gasteiger partial charge in [0.05, 0.1) is 6.04 Å². The number of phenolic OH excluding ortho intramolecular Hbond substituents is 1. The van der Waals surface area contributed by atoms with Crippen LogP contribution in [0.15, 0.2) is 41.1 Å².